The monoisotopic (exact) mass is 335 g/mol. The third kappa shape index (κ3) is 4.19. The first-order valence-corrected chi connectivity index (χ1v) is 8.05. The number of nitrogens with zero attached hydrogens (tertiary/aromatic N) is 4. The lowest BCUT2D eigenvalue weighted by Crippen LogP contribution is -2.55. The van der Waals surface area contributed by atoms with Gasteiger partial charge in [-0.1, -0.05) is 0 Å². The van der Waals surface area contributed by atoms with E-state index in [2.05, 4.69) is 15.3 Å². The molecule has 2 heterocycles. The molecule has 0 saturated carbocycles. The van der Waals surface area contributed by atoms with Crippen LogP contribution >= 0.6 is 0 Å². The van der Waals surface area contributed by atoms with Crippen molar-refractivity contribution in [2.24, 2.45) is 5.41 Å². The maximum absolute atomic E-state index is 12.7. The standard InChI is InChI=1S/C16H25N5O3/c1-16(2,13(22)17-7-12-24-3)14(23)20-8-10-21(11-9-20)15-18-5-4-6-19-15/h4-6H,7-12H2,1-3H3,(H,17,22). The fraction of sp³-hybridized carbons (Fsp3) is 0.625. The summed E-state index contributed by atoms with van der Waals surface area (Å²) in [6.07, 6.45) is 3.40. The van der Waals surface area contributed by atoms with E-state index in [1.165, 1.54) is 0 Å². The van der Waals surface area contributed by atoms with Crippen LogP contribution in [0.3, 0.4) is 0 Å². The number of anilines is 1. The van der Waals surface area contributed by atoms with Gasteiger partial charge in [-0.3, -0.25) is 9.59 Å². The summed E-state index contributed by atoms with van der Waals surface area (Å²) in [4.78, 5) is 37.2. The number of amides is 2. The molecule has 0 spiro atoms. The van der Waals surface area contributed by atoms with Gasteiger partial charge in [0.2, 0.25) is 17.8 Å². The lowest BCUT2D eigenvalue weighted by molar-refractivity contribution is -0.148. The fourth-order valence-corrected chi connectivity index (χ4v) is 2.54. The second-order valence-corrected chi connectivity index (χ2v) is 6.20. The average Bonchev–Trinajstić information content (AvgIpc) is 2.62. The van der Waals surface area contributed by atoms with Crippen molar-refractivity contribution in [2.45, 2.75) is 13.8 Å². The number of piperazine rings is 1. The smallest absolute Gasteiger partial charge is 0.237 e. The molecule has 0 radical (unpaired) electrons. The number of hydrogen-bond acceptors (Lipinski definition) is 6. The molecule has 8 heteroatoms. The maximum Gasteiger partial charge on any atom is 0.237 e. The van der Waals surface area contributed by atoms with Crippen molar-refractivity contribution in [3.63, 3.8) is 0 Å². The summed E-state index contributed by atoms with van der Waals surface area (Å²) in [5.74, 6) is 0.227. The lowest BCUT2D eigenvalue weighted by atomic mass is 9.90. The molecule has 1 N–H and O–H groups in total. The van der Waals surface area contributed by atoms with Gasteiger partial charge < -0.3 is 19.9 Å². The molecule has 0 aliphatic carbocycles. The average molecular weight is 335 g/mol. The number of ether oxygens (including phenoxy) is 1. The molecule has 1 aliphatic heterocycles. The number of nitrogens with one attached hydrogen (secondary N) is 1. The molecule has 0 atom stereocenters. The second kappa shape index (κ2) is 8.05. The predicted molar refractivity (Wildman–Crippen MR) is 89.5 cm³/mol. The van der Waals surface area contributed by atoms with Crippen LogP contribution in [0.4, 0.5) is 5.95 Å². The topological polar surface area (TPSA) is 87.7 Å². The predicted octanol–water partition coefficient (Wildman–Crippen LogP) is -0.0860. The summed E-state index contributed by atoms with van der Waals surface area (Å²) >= 11 is 0. The molecular formula is C16H25N5O3. The molecule has 1 aromatic rings. The SMILES string of the molecule is COCCNC(=O)C(C)(C)C(=O)N1CCN(c2ncccn2)CC1. The minimum absolute atomic E-state index is 0.161. The Hall–Kier alpha value is -2.22. The van der Waals surface area contributed by atoms with E-state index in [4.69, 9.17) is 4.74 Å². The highest BCUT2D eigenvalue weighted by Gasteiger charge is 2.39. The van der Waals surface area contributed by atoms with Crippen molar-refractivity contribution in [3.8, 4) is 0 Å². The van der Waals surface area contributed by atoms with Crippen molar-refractivity contribution in [1.29, 1.82) is 0 Å². The first-order valence-electron chi connectivity index (χ1n) is 8.05. The minimum Gasteiger partial charge on any atom is -0.383 e. The number of carbonyl (C=O) groups excluding carboxylic acids is 2. The van der Waals surface area contributed by atoms with Crippen LogP contribution in [-0.2, 0) is 14.3 Å². The molecule has 1 aromatic heterocycles. The second-order valence-electron chi connectivity index (χ2n) is 6.20. The summed E-state index contributed by atoms with van der Waals surface area (Å²) in [6.45, 7) is 6.53. The van der Waals surface area contributed by atoms with Gasteiger partial charge in [-0.25, -0.2) is 9.97 Å². The quantitative estimate of drug-likeness (QED) is 0.578. The van der Waals surface area contributed by atoms with E-state index < -0.39 is 5.41 Å². The normalized spacial score (nSPS) is 15.3. The van der Waals surface area contributed by atoms with Crippen LogP contribution < -0.4 is 10.2 Å². The number of aromatic nitrogens is 2. The van der Waals surface area contributed by atoms with Gasteiger partial charge in [0.15, 0.2) is 0 Å². The Labute approximate surface area is 142 Å². The van der Waals surface area contributed by atoms with Gasteiger partial charge in [-0.05, 0) is 19.9 Å². The Morgan fingerprint density at radius 3 is 2.42 bits per heavy atom. The molecule has 24 heavy (non-hydrogen) atoms. The zero-order chi connectivity index (χ0) is 17.6. The zero-order valence-corrected chi connectivity index (χ0v) is 14.5. The van der Waals surface area contributed by atoms with E-state index >= 15 is 0 Å². The Bertz CT molecular complexity index is 556. The van der Waals surface area contributed by atoms with Crippen LogP contribution in [0.15, 0.2) is 18.5 Å². The Kier molecular flexibility index (Phi) is 6.08. The number of hydrogen-bond donors (Lipinski definition) is 1. The highest BCUT2D eigenvalue weighted by molar-refractivity contribution is 6.04. The molecule has 0 bridgehead atoms. The van der Waals surface area contributed by atoms with Crippen molar-refractivity contribution in [3.05, 3.63) is 18.5 Å². The minimum atomic E-state index is -1.10. The van der Waals surface area contributed by atoms with Crippen molar-refractivity contribution in [1.82, 2.24) is 20.2 Å². The first-order chi connectivity index (χ1) is 11.5. The lowest BCUT2D eigenvalue weighted by Gasteiger charge is -2.38. The third-order valence-electron chi connectivity index (χ3n) is 4.10. The molecule has 132 valence electrons. The van der Waals surface area contributed by atoms with Crippen LogP contribution in [0.25, 0.3) is 0 Å². The third-order valence-corrected chi connectivity index (χ3v) is 4.10. The molecule has 0 aromatic carbocycles. The first kappa shape index (κ1) is 18.1. The van der Waals surface area contributed by atoms with E-state index in [9.17, 15) is 9.59 Å². The van der Waals surface area contributed by atoms with Gasteiger partial charge >= 0.3 is 0 Å². The molecule has 1 saturated heterocycles. The molecule has 1 fully saturated rings. The number of carbonyl (C=O) groups is 2. The van der Waals surface area contributed by atoms with Crippen LogP contribution in [-0.4, -0.2) is 73.1 Å². The highest BCUT2D eigenvalue weighted by atomic mass is 16.5. The van der Waals surface area contributed by atoms with E-state index in [0.717, 1.165) is 0 Å². The summed E-state index contributed by atoms with van der Waals surface area (Å²) in [5, 5.41) is 2.74. The summed E-state index contributed by atoms with van der Waals surface area (Å²) in [6, 6.07) is 1.77. The summed E-state index contributed by atoms with van der Waals surface area (Å²) < 4.78 is 4.91. The maximum atomic E-state index is 12.7. The van der Waals surface area contributed by atoms with Gasteiger partial charge in [0, 0.05) is 52.2 Å². The Morgan fingerprint density at radius 2 is 1.83 bits per heavy atom. The highest BCUT2D eigenvalue weighted by Crippen LogP contribution is 2.21. The van der Waals surface area contributed by atoms with Gasteiger partial charge in [-0.2, -0.15) is 0 Å². The molecule has 0 unspecified atom stereocenters. The molecular weight excluding hydrogens is 310 g/mol. The number of rotatable bonds is 6. The van der Waals surface area contributed by atoms with E-state index in [0.29, 0.717) is 45.3 Å². The van der Waals surface area contributed by atoms with Crippen molar-refractivity contribution in [2.75, 3.05) is 51.3 Å². The largest absolute Gasteiger partial charge is 0.383 e. The van der Waals surface area contributed by atoms with Crippen LogP contribution in [0.1, 0.15) is 13.8 Å². The number of methoxy groups -OCH3 is 1. The van der Waals surface area contributed by atoms with Crippen molar-refractivity contribution >= 4 is 17.8 Å². The summed E-state index contributed by atoms with van der Waals surface area (Å²) in [5.41, 5.74) is -1.10. The summed E-state index contributed by atoms with van der Waals surface area (Å²) in [7, 11) is 1.57. The molecule has 8 nitrogen and oxygen atoms in total. The van der Waals surface area contributed by atoms with Crippen LogP contribution in [0.2, 0.25) is 0 Å². The molecule has 1 aliphatic rings. The van der Waals surface area contributed by atoms with Gasteiger partial charge in [0.25, 0.3) is 0 Å². The van der Waals surface area contributed by atoms with Crippen LogP contribution in [0, 0.1) is 5.41 Å². The van der Waals surface area contributed by atoms with Gasteiger partial charge in [-0.15, -0.1) is 0 Å². The van der Waals surface area contributed by atoms with Crippen molar-refractivity contribution < 1.29 is 14.3 Å². The Balaban J connectivity index is 1.90. The molecule has 2 amide bonds. The van der Waals surface area contributed by atoms with Gasteiger partial charge in [0.1, 0.15) is 5.41 Å². The zero-order valence-electron chi connectivity index (χ0n) is 14.5. The fourth-order valence-electron chi connectivity index (χ4n) is 2.54. The van der Waals surface area contributed by atoms with E-state index in [-0.39, 0.29) is 11.8 Å². The Morgan fingerprint density at radius 1 is 1.21 bits per heavy atom. The van der Waals surface area contributed by atoms with Crippen LogP contribution in [0.5, 0.6) is 0 Å². The van der Waals surface area contributed by atoms with E-state index in [1.54, 1.807) is 44.3 Å². The van der Waals surface area contributed by atoms with E-state index in [1.807, 2.05) is 4.90 Å². The van der Waals surface area contributed by atoms with Gasteiger partial charge in [0.05, 0.1) is 6.61 Å². The molecule has 2 rings (SSSR count).